The summed E-state index contributed by atoms with van der Waals surface area (Å²) in [4.78, 5) is 15.0. The van der Waals surface area contributed by atoms with Crippen molar-refractivity contribution in [3.05, 3.63) is 40.2 Å². The molecule has 0 bridgehead atoms. The van der Waals surface area contributed by atoms with Gasteiger partial charge in [-0.2, -0.15) is 5.10 Å². The van der Waals surface area contributed by atoms with Gasteiger partial charge in [0.2, 0.25) is 0 Å². The Morgan fingerprint density at radius 1 is 1.42 bits per heavy atom. The van der Waals surface area contributed by atoms with E-state index >= 15 is 0 Å². The quantitative estimate of drug-likeness (QED) is 0.652. The normalized spacial score (nSPS) is 18.1. The van der Waals surface area contributed by atoms with E-state index in [1.807, 2.05) is 0 Å². The van der Waals surface area contributed by atoms with Crippen molar-refractivity contribution in [2.75, 3.05) is 0 Å². The fraction of sp³-hybridized carbons (Fsp3) is 0.333. The molecule has 0 saturated carbocycles. The van der Waals surface area contributed by atoms with E-state index in [1.165, 1.54) is 6.07 Å². The van der Waals surface area contributed by atoms with Crippen LogP contribution < -0.4 is 5.73 Å². The van der Waals surface area contributed by atoms with E-state index in [2.05, 4.69) is 10.1 Å². The smallest absolute Gasteiger partial charge is 0.280 e. The van der Waals surface area contributed by atoms with Gasteiger partial charge in [0.25, 0.3) is 5.69 Å². The summed E-state index contributed by atoms with van der Waals surface area (Å²) in [6.07, 6.45) is 1.82. The third-order valence-corrected chi connectivity index (χ3v) is 3.26. The molecule has 0 aliphatic carbocycles. The zero-order chi connectivity index (χ0) is 13.4. The SMILES string of the molecule is NC1CCCn2nc(-c3ccccc3[N+](=O)[O-])nc21. The highest BCUT2D eigenvalue weighted by Crippen LogP contribution is 2.29. The summed E-state index contributed by atoms with van der Waals surface area (Å²) in [6.45, 7) is 0.761. The summed E-state index contributed by atoms with van der Waals surface area (Å²) in [5.41, 5.74) is 6.42. The first-order valence-corrected chi connectivity index (χ1v) is 6.11. The zero-order valence-corrected chi connectivity index (χ0v) is 10.2. The number of rotatable bonds is 2. The molecular weight excluding hydrogens is 246 g/mol. The number of hydrogen-bond acceptors (Lipinski definition) is 5. The zero-order valence-electron chi connectivity index (χ0n) is 10.2. The van der Waals surface area contributed by atoms with Gasteiger partial charge in [0.05, 0.1) is 16.5 Å². The van der Waals surface area contributed by atoms with Crippen molar-refractivity contribution < 1.29 is 4.92 Å². The van der Waals surface area contributed by atoms with Gasteiger partial charge in [0, 0.05) is 12.6 Å². The topological polar surface area (TPSA) is 99.9 Å². The van der Waals surface area contributed by atoms with Crippen molar-refractivity contribution in [3.63, 3.8) is 0 Å². The molecule has 7 heteroatoms. The predicted octanol–water partition coefficient (Wildman–Crippen LogP) is 1.65. The molecule has 0 spiro atoms. The van der Waals surface area contributed by atoms with E-state index in [4.69, 9.17) is 5.73 Å². The summed E-state index contributed by atoms with van der Waals surface area (Å²) >= 11 is 0. The van der Waals surface area contributed by atoms with Crippen LogP contribution in [0.1, 0.15) is 24.7 Å². The third-order valence-electron chi connectivity index (χ3n) is 3.26. The molecule has 19 heavy (non-hydrogen) atoms. The van der Waals surface area contributed by atoms with Gasteiger partial charge < -0.3 is 5.73 Å². The fourth-order valence-electron chi connectivity index (χ4n) is 2.32. The summed E-state index contributed by atoms with van der Waals surface area (Å²) in [6, 6.07) is 6.34. The first kappa shape index (κ1) is 11.8. The Balaban J connectivity index is 2.11. The molecule has 0 radical (unpaired) electrons. The lowest BCUT2D eigenvalue weighted by atomic mass is 10.1. The average Bonchev–Trinajstić information content (AvgIpc) is 2.84. The molecule has 0 saturated heterocycles. The second-order valence-corrected chi connectivity index (χ2v) is 4.54. The van der Waals surface area contributed by atoms with Crippen molar-refractivity contribution >= 4 is 5.69 Å². The first-order chi connectivity index (χ1) is 9.16. The Kier molecular flexibility index (Phi) is 2.75. The van der Waals surface area contributed by atoms with Gasteiger partial charge in [0.15, 0.2) is 5.82 Å². The van der Waals surface area contributed by atoms with Gasteiger partial charge in [-0.1, -0.05) is 12.1 Å². The first-order valence-electron chi connectivity index (χ1n) is 6.11. The van der Waals surface area contributed by atoms with Crippen molar-refractivity contribution in [2.45, 2.75) is 25.4 Å². The van der Waals surface area contributed by atoms with Gasteiger partial charge in [-0.15, -0.1) is 0 Å². The minimum atomic E-state index is -0.421. The number of para-hydroxylation sites is 1. The van der Waals surface area contributed by atoms with Crippen molar-refractivity contribution in [1.29, 1.82) is 0 Å². The van der Waals surface area contributed by atoms with Crippen LogP contribution in [0.2, 0.25) is 0 Å². The van der Waals surface area contributed by atoms with Crippen LogP contribution in [0.3, 0.4) is 0 Å². The van der Waals surface area contributed by atoms with Crippen LogP contribution in [0, 0.1) is 10.1 Å². The number of fused-ring (bicyclic) bond motifs is 1. The Bertz CT molecular complexity index is 637. The predicted molar refractivity (Wildman–Crippen MR) is 68.3 cm³/mol. The fourth-order valence-corrected chi connectivity index (χ4v) is 2.32. The number of benzene rings is 1. The summed E-state index contributed by atoms with van der Waals surface area (Å²) in [5, 5.41) is 15.4. The number of nitrogens with two attached hydrogens (primary N) is 1. The van der Waals surface area contributed by atoms with Gasteiger partial charge in [0.1, 0.15) is 5.82 Å². The Hall–Kier alpha value is -2.28. The average molecular weight is 259 g/mol. The largest absolute Gasteiger partial charge is 0.321 e. The van der Waals surface area contributed by atoms with Gasteiger partial charge >= 0.3 is 0 Å². The van der Waals surface area contributed by atoms with Crippen LogP contribution in [-0.4, -0.2) is 19.7 Å². The van der Waals surface area contributed by atoms with E-state index in [0.29, 0.717) is 17.2 Å². The molecule has 7 nitrogen and oxygen atoms in total. The summed E-state index contributed by atoms with van der Waals surface area (Å²) in [7, 11) is 0. The molecule has 0 fully saturated rings. The third kappa shape index (κ3) is 1.97. The number of hydrogen-bond donors (Lipinski definition) is 1. The Labute approximate surface area is 109 Å². The van der Waals surface area contributed by atoms with Crippen molar-refractivity contribution in [1.82, 2.24) is 14.8 Å². The minimum absolute atomic E-state index is 0.0130. The molecule has 2 heterocycles. The maximum Gasteiger partial charge on any atom is 0.280 e. The highest BCUT2D eigenvalue weighted by molar-refractivity contribution is 5.67. The van der Waals surface area contributed by atoms with E-state index < -0.39 is 4.92 Å². The number of nitro benzene ring substituents is 1. The number of aryl methyl sites for hydroxylation is 1. The minimum Gasteiger partial charge on any atom is -0.321 e. The summed E-state index contributed by atoms with van der Waals surface area (Å²) < 4.78 is 1.75. The second-order valence-electron chi connectivity index (χ2n) is 4.54. The van der Waals surface area contributed by atoms with Crippen LogP contribution in [-0.2, 0) is 6.54 Å². The Morgan fingerprint density at radius 3 is 2.95 bits per heavy atom. The van der Waals surface area contributed by atoms with E-state index in [-0.39, 0.29) is 11.7 Å². The van der Waals surface area contributed by atoms with Crippen molar-refractivity contribution in [3.8, 4) is 11.4 Å². The highest BCUT2D eigenvalue weighted by atomic mass is 16.6. The molecule has 1 aliphatic heterocycles. The molecule has 3 rings (SSSR count). The molecule has 1 atom stereocenters. The summed E-state index contributed by atoms with van der Waals surface area (Å²) in [5.74, 6) is 1.08. The van der Waals surface area contributed by atoms with E-state index in [0.717, 1.165) is 19.4 Å². The molecule has 98 valence electrons. The van der Waals surface area contributed by atoms with Crippen LogP contribution in [0.4, 0.5) is 5.69 Å². The highest BCUT2D eigenvalue weighted by Gasteiger charge is 2.24. The second kappa shape index (κ2) is 4.43. The Morgan fingerprint density at radius 2 is 2.21 bits per heavy atom. The van der Waals surface area contributed by atoms with E-state index in [1.54, 1.807) is 22.9 Å². The van der Waals surface area contributed by atoms with Crippen LogP contribution in [0.5, 0.6) is 0 Å². The number of nitro groups is 1. The van der Waals surface area contributed by atoms with E-state index in [9.17, 15) is 10.1 Å². The van der Waals surface area contributed by atoms with Gasteiger partial charge in [-0.25, -0.2) is 9.67 Å². The van der Waals surface area contributed by atoms with Crippen LogP contribution in [0.15, 0.2) is 24.3 Å². The molecule has 2 aromatic rings. The molecule has 0 amide bonds. The van der Waals surface area contributed by atoms with Crippen LogP contribution in [0.25, 0.3) is 11.4 Å². The molecule has 1 aliphatic rings. The van der Waals surface area contributed by atoms with Gasteiger partial charge in [-0.3, -0.25) is 10.1 Å². The standard InChI is InChI=1S/C12H13N5O2/c13-9-5-3-7-16-12(9)14-11(15-16)8-4-1-2-6-10(8)17(18)19/h1-2,4,6,9H,3,5,7,13H2. The molecular formula is C12H13N5O2. The van der Waals surface area contributed by atoms with Crippen LogP contribution >= 0.6 is 0 Å². The molecule has 2 N–H and O–H groups in total. The molecule has 1 aromatic carbocycles. The number of aromatic nitrogens is 3. The maximum absolute atomic E-state index is 11.0. The lowest BCUT2D eigenvalue weighted by molar-refractivity contribution is -0.384. The molecule has 1 aromatic heterocycles. The monoisotopic (exact) mass is 259 g/mol. The van der Waals surface area contributed by atoms with Gasteiger partial charge in [-0.05, 0) is 18.9 Å². The maximum atomic E-state index is 11.0. The lowest BCUT2D eigenvalue weighted by Crippen LogP contribution is -2.22. The van der Waals surface area contributed by atoms with Crippen molar-refractivity contribution in [2.24, 2.45) is 5.73 Å². The lowest BCUT2D eigenvalue weighted by Gasteiger charge is -2.17. The number of nitrogens with zero attached hydrogens (tertiary/aromatic N) is 4. The molecule has 1 unspecified atom stereocenters.